The van der Waals surface area contributed by atoms with E-state index in [4.69, 9.17) is 14.6 Å². The summed E-state index contributed by atoms with van der Waals surface area (Å²) in [5.74, 6) is 0.534. The van der Waals surface area contributed by atoms with Gasteiger partial charge in [0, 0.05) is 18.4 Å². The van der Waals surface area contributed by atoms with Crippen molar-refractivity contribution in [1.82, 2.24) is 4.72 Å². The summed E-state index contributed by atoms with van der Waals surface area (Å²) in [5, 5.41) is 8.65. The van der Waals surface area contributed by atoms with Gasteiger partial charge in [-0.25, -0.2) is 13.1 Å². The van der Waals surface area contributed by atoms with E-state index in [-0.39, 0.29) is 18.2 Å². The monoisotopic (exact) mass is 399 g/mol. The van der Waals surface area contributed by atoms with Crippen molar-refractivity contribution in [3.8, 4) is 11.5 Å². The van der Waals surface area contributed by atoms with E-state index < -0.39 is 21.6 Å². The molecule has 1 aliphatic heterocycles. The number of hydrogen-bond acceptors (Lipinski definition) is 5. The Labute approximate surface area is 161 Å². The summed E-state index contributed by atoms with van der Waals surface area (Å²) in [4.78, 5) is 10.5. The van der Waals surface area contributed by atoms with Crippen LogP contribution in [0.4, 0.5) is 0 Å². The summed E-state index contributed by atoms with van der Waals surface area (Å²) in [6, 6.07) is 5.01. The number of sulfonamides is 1. The summed E-state index contributed by atoms with van der Waals surface area (Å²) in [5.41, 5.74) is 0.281. The third kappa shape index (κ3) is 6.70. The number of carboxylic acids is 1. The highest BCUT2D eigenvalue weighted by Crippen LogP contribution is 2.41. The minimum absolute atomic E-state index is 0.0832. The fourth-order valence-corrected chi connectivity index (χ4v) is 4.44. The second kappa shape index (κ2) is 8.93. The van der Waals surface area contributed by atoms with Gasteiger partial charge in [-0.1, -0.05) is 6.92 Å². The summed E-state index contributed by atoms with van der Waals surface area (Å²) in [6.45, 7) is 6.11. The van der Waals surface area contributed by atoms with Crippen LogP contribution in [0.15, 0.2) is 18.2 Å². The number of benzene rings is 1. The van der Waals surface area contributed by atoms with E-state index in [1.807, 2.05) is 20.8 Å². The zero-order valence-corrected chi connectivity index (χ0v) is 17.0. The maximum Gasteiger partial charge on any atom is 0.303 e. The molecule has 0 spiro atoms. The number of rotatable bonds is 10. The third-order valence-electron chi connectivity index (χ3n) is 4.29. The Kier molecular flexibility index (Phi) is 7.11. The van der Waals surface area contributed by atoms with Crippen LogP contribution in [0.25, 0.3) is 0 Å². The number of nitrogens with one attached hydrogen (secondary N) is 1. The SMILES string of the molecule is CCCS(=O)(=O)NC1CC(C)(C)Oc2ccc(OCCCCC(=O)O)cc21. The van der Waals surface area contributed by atoms with Gasteiger partial charge in [-0.15, -0.1) is 0 Å². The molecule has 8 heteroatoms. The van der Waals surface area contributed by atoms with E-state index in [1.54, 1.807) is 18.2 Å². The number of carboxylic acid groups (broad SMARTS) is 1. The molecule has 27 heavy (non-hydrogen) atoms. The molecule has 1 unspecified atom stereocenters. The van der Waals surface area contributed by atoms with E-state index in [0.717, 1.165) is 5.56 Å². The lowest BCUT2D eigenvalue weighted by molar-refractivity contribution is -0.137. The van der Waals surface area contributed by atoms with E-state index in [0.29, 0.717) is 43.8 Å². The molecule has 0 aromatic heterocycles. The normalized spacial score (nSPS) is 18.4. The molecule has 0 bridgehead atoms. The van der Waals surface area contributed by atoms with Crippen molar-refractivity contribution in [2.75, 3.05) is 12.4 Å². The lowest BCUT2D eigenvalue weighted by Crippen LogP contribution is -2.41. The first kappa shape index (κ1) is 21.5. The van der Waals surface area contributed by atoms with Gasteiger partial charge in [0.15, 0.2) is 0 Å². The van der Waals surface area contributed by atoms with Crippen molar-refractivity contribution in [2.24, 2.45) is 0 Å². The molecular weight excluding hydrogens is 370 g/mol. The Bertz CT molecular complexity index is 759. The largest absolute Gasteiger partial charge is 0.494 e. The molecule has 1 aromatic carbocycles. The summed E-state index contributed by atoms with van der Waals surface area (Å²) >= 11 is 0. The van der Waals surface area contributed by atoms with Gasteiger partial charge in [0.05, 0.1) is 18.4 Å². The Balaban J connectivity index is 2.12. The smallest absolute Gasteiger partial charge is 0.303 e. The predicted molar refractivity (Wildman–Crippen MR) is 103 cm³/mol. The molecule has 1 aliphatic rings. The van der Waals surface area contributed by atoms with Crippen LogP contribution in [-0.2, 0) is 14.8 Å². The maximum absolute atomic E-state index is 12.3. The molecule has 2 N–H and O–H groups in total. The second-order valence-electron chi connectivity index (χ2n) is 7.45. The van der Waals surface area contributed by atoms with Crippen LogP contribution in [0.2, 0.25) is 0 Å². The van der Waals surface area contributed by atoms with Gasteiger partial charge in [-0.2, -0.15) is 0 Å². The molecule has 0 saturated carbocycles. The summed E-state index contributed by atoms with van der Waals surface area (Å²) in [7, 11) is -3.37. The van der Waals surface area contributed by atoms with Crippen LogP contribution in [0.1, 0.15) is 64.5 Å². The Morgan fingerprint density at radius 3 is 2.78 bits per heavy atom. The molecule has 0 amide bonds. The molecule has 1 heterocycles. The van der Waals surface area contributed by atoms with Crippen LogP contribution < -0.4 is 14.2 Å². The fourth-order valence-electron chi connectivity index (χ4n) is 3.14. The number of fused-ring (bicyclic) bond motifs is 1. The van der Waals surface area contributed by atoms with Crippen LogP contribution in [0.3, 0.4) is 0 Å². The Morgan fingerprint density at radius 2 is 2.11 bits per heavy atom. The molecule has 2 rings (SSSR count). The zero-order valence-electron chi connectivity index (χ0n) is 16.2. The fraction of sp³-hybridized carbons (Fsp3) is 0.632. The molecule has 152 valence electrons. The Morgan fingerprint density at radius 1 is 1.37 bits per heavy atom. The van der Waals surface area contributed by atoms with E-state index in [1.165, 1.54) is 0 Å². The van der Waals surface area contributed by atoms with E-state index in [9.17, 15) is 13.2 Å². The number of aliphatic carboxylic acids is 1. The van der Waals surface area contributed by atoms with Gasteiger partial charge in [0.25, 0.3) is 0 Å². The van der Waals surface area contributed by atoms with Crippen molar-refractivity contribution in [3.63, 3.8) is 0 Å². The number of carbonyl (C=O) groups is 1. The first-order chi connectivity index (χ1) is 12.6. The molecular formula is C19H29NO6S. The topological polar surface area (TPSA) is 102 Å². The molecule has 1 atom stereocenters. The Hall–Kier alpha value is -1.80. The predicted octanol–water partition coefficient (Wildman–Crippen LogP) is 3.25. The molecule has 0 aliphatic carbocycles. The van der Waals surface area contributed by atoms with Gasteiger partial charge < -0.3 is 14.6 Å². The second-order valence-corrected chi connectivity index (χ2v) is 9.33. The first-order valence-electron chi connectivity index (χ1n) is 9.29. The highest BCUT2D eigenvalue weighted by atomic mass is 32.2. The van der Waals surface area contributed by atoms with Gasteiger partial charge >= 0.3 is 5.97 Å². The molecule has 1 aromatic rings. The van der Waals surface area contributed by atoms with Crippen molar-refractivity contribution in [2.45, 2.75) is 64.5 Å². The average Bonchev–Trinajstić information content (AvgIpc) is 2.53. The average molecular weight is 400 g/mol. The highest BCUT2D eigenvalue weighted by molar-refractivity contribution is 7.89. The molecule has 0 fully saturated rings. The van der Waals surface area contributed by atoms with Crippen molar-refractivity contribution < 1.29 is 27.8 Å². The standard InChI is InChI=1S/C19H29NO6S/c1-4-11-27(23,24)20-16-13-19(2,3)26-17-9-8-14(12-15(16)17)25-10-6-5-7-18(21)22/h8-9,12,16,20H,4-7,10-11,13H2,1-3H3,(H,21,22). The summed E-state index contributed by atoms with van der Waals surface area (Å²) < 4.78 is 39.0. The van der Waals surface area contributed by atoms with Gasteiger partial charge in [0.2, 0.25) is 10.0 Å². The quantitative estimate of drug-likeness (QED) is 0.586. The molecule has 7 nitrogen and oxygen atoms in total. The van der Waals surface area contributed by atoms with Gasteiger partial charge in [-0.05, 0) is 51.3 Å². The zero-order chi connectivity index (χ0) is 20.1. The van der Waals surface area contributed by atoms with Crippen LogP contribution in [-0.4, -0.2) is 37.5 Å². The van der Waals surface area contributed by atoms with Crippen LogP contribution >= 0.6 is 0 Å². The third-order valence-corrected chi connectivity index (χ3v) is 5.88. The van der Waals surface area contributed by atoms with Crippen LogP contribution in [0, 0.1) is 0 Å². The van der Waals surface area contributed by atoms with Gasteiger partial charge in [0.1, 0.15) is 17.1 Å². The minimum atomic E-state index is -3.37. The summed E-state index contributed by atoms with van der Waals surface area (Å²) in [6.07, 6.45) is 2.38. The van der Waals surface area contributed by atoms with Crippen LogP contribution in [0.5, 0.6) is 11.5 Å². The van der Waals surface area contributed by atoms with Gasteiger partial charge in [-0.3, -0.25) is 4.79 Å². The lowest BCUT2D eigenvalue weighted by Gasteiger charge is -2.38. The van der Waals surface area contributed by atoms with E-state index in [2.05, 4.69) is 4.72 Å². The van der Waals surface area contributed by atoms with E-state index >= 15 is 0 Å². The highest BCUT2D eigenvalue weighted by Gasteiger charge is 2.35. The number of hydrogen-bond donors (Lipinski definition) is 2. The first-order valence-corrected chi connectivity index (χ1v) is 10.9. The lowest BCUT2D eigenvalue weighted by atomic mass is 9.90. The molecule has 0 saturated heterocycles. The maximum atomic E-state index is 12.3. The minimum Gasteiger partial charge on any atom is -0.494 e. The molecule has 0 radical (unpaired) electrons. The number of ether oxygens (including phenoxy) is 2. The number of unbranched alkanes of at least 4 members (excludes halogenated alkanes) is 1. The van der Waals surface area contributed by atoms with Crippen molar-refractivity contribution in [1.29, 1.82) is 0 Å². The van der Waals surface area contributed by atoms with Crippen molar-refractivity contribution in [3.05, 3.63) is 23.8 Å². The van der Waals surface area contributed by atoms with Crippen molar-refractivity contribution >= 4 is 16.0 Å².